The SMILES string of the molecule is Cc1cc(C)n(Cc2ccc(C(=O)Nc3ccc4nc(C(C)O)[nH]c4c3)cc2)n1. The van der Waals surface area contributed by atoms with Gasteiger partial charge in [-0.2, -0.15) is 5.10 Å². The molecule has 2 aromatic heterocycles. The number of aryl methyl sites for hydroxylation is 2. The van der Waals surface area contributed by atoms with Gasteiger partial charge in [0.05, 0.1) is 23.3 Å². The van der Waals surface area contributed by atoms with E-state index in [1.165, 1.54) is 0 Å². The molecule has 4 rings (SSSR count). The third-order valence-electron chi connectivity index (χ3n) is 4.81. The Morgan fingerprint density at radius 3 is 2.59 bits per heavy atom. The van der Waals surface area contributed by atoms with Crippen LogP contribution in [0.2, 0.25) is 0 Å². The summed E-state index contributed by atoms with van der Waals surface area (Å²) in [6.07, 6.45) is -0.673. The Balaban J connectivity index is 1.46. The number of hydrogen-bond donors (Lipinski definition) is 3. The Hall–Kier alpha value is -3.45. The number of aromatic amines is 1. The molecular weight excluding hydrogens is 366 g/mol. The van der Waals surface area contributed by atoms with Crippen LogP contribution in [0, 0.1) is 13.8 Å². The van der Waals surface area contributed by atoms with Gasteiger partial charge in [-0.1, -0.05) is 12.1 Å². The number of fused-ring (bicyclic) bond motifs is 1. The van der Waals surface area contributed by atoms with Crippen molar-refractivity contribution < 1.29 is 9.90 Å². The van der Waals surface area contributed by atoms with E-state index in [1.807, 2.05) is 61.0 Å². The number of amides is 1. The minimum absolute atomic E-state index is 0.183. The number of H-pyrrole nitrogens is 1. The second-order valence-electron chi connectivity index (χ2n) is 7.27. The zero-order chi connectivity index (χ0) is 20.5. The third-order valence-corrected chi connectivity index (χ3v) is 4.81. The van der Waals surface area contributed by atoms with Crippen LogP contribution in [0.25, 0.3) is 11.0 Å². The standard InChI is InChI=1S/C22H23N5O2/c1-13-10-14(2)27(26-13)12-16-4-6-17(7-5-16)22(29)23-18-8-9-19-20(11-18)25-21(24-19)15(3)28/h4-11,15,28H,12H2,1-3H3,(H,23,29)(H,24,25). The normalized spacial score (nSPS) is 12.3. The number of aliphatic hydroxyl groups is 1. The average molecular weight is 389 g/mol. The molecule has 0 saturated carbocycles. The van der Waals surface area contributed by atoms with Crippen LogP contribution >= 0.6 is 0 Å². The second kappa shape index (κ2) is 7.52. The highest BCUT2D eigenvalue weighted by atomic mass is 16.3. The van der Waals surface area contributed by atoms with Crippen molar-refractivity contribution in [3.05, 3.63) is 76.9 Å². The van der Waals surface area contributed by atoms with E-state index in [2.05, 4.69) is 20.4 Å². The van der Waals surface area contributed by atoms with Crippen LogP contribution in [0.1, 0.15) is 46.2 Å². The van der Waals surface area contributed by atoms with Gasteiger partial charge in [0.25, 0.3) is 5.91 Å². The van der Waals surface area contributed by atoms with Crippen molar-refractivity contribution in [2.24, 2.45) is 0 Å². The average Bonchev–Trinajstić information content (AvgIpc) is 3.24. The molecule has 0 radical (unpaired) electrons. The van der Waals surface area contributed by atoms with E-state index in [0.717, 1.165) is 28.0 Å². The van der Waals surface area contributed by atoms with E-state index >= 15 is 0 Å². The fourth-order valence-corrected chi connectivity index (χ4v) is 3.28. The molecule has 0 fully saturated rings. The van der Waals surface area contributed by atoms with E-state index in [9.17, 15) is 9.90 Å². The van der Waals surface area contributed by atoms with Crippen LogP contribution in [0.3, 0.4) is 0 Å². The summed E-state index contributed by atoms with van der Waals surface area (Å²) >= 11 is 0. The lowest BCUT2D eigenvalue weighted by molar-refractivity contribution is 0.102. The van der Waals surface area contributed by atoms with Crippen LogP contribution in [0.15, 0.2) is 48.5 Å². The summed E-state index contributed by atoms with van der Waals surface area (Å²) in [6.45, 7) is 6.33. The van der Waals surface area contributed by atoms with Crippen molar-refractivity contribution in [3.8, 4) is 0 Å². The lowest BCUT2D eigenvalue weighted by Crippen LogP contribution is -2.12. The number of rotatable bonds is 5. The number of nitrogens with one attached hydrogen (secondary N) is 2. The minimum atomic E-state index is -0.673. The Labute approximate surface area is 168 Å². The number of benzene rings is 2. The number of hydrogen-bond acceptors (Lipinski definition) is 4. The van der Waals surface area contributed by atoms with Crippen LogP contribution < -0.4 is 5.32 Å². The third kappa shape index (κ3) is 4.05. The highest BCUT2D eigenvalue weighted by Gasteiger charge is 2.11. The zero-order valence-electron chi connectivity index (χ0n) is 16.6. The van der Waals surface area contributed by atoms with Crippen LogP contribution in [-0.4, -0.2) is 30.8 Å². The molecular formula is C22H23N5O2. The van der Waals surface area contributed by atoms with E-state index in [4.69, 9.17) is 0 Å². The largest absolute Gasteiger partial charge is 0.385 e. The van der Waals surface area contributed by atoms with E-state index in [-0.39, 0.29) is 5.91 Å². The van der Waals surface area contributed by atoms with Crippen LogP contribution in [0.5, 0.6) is 0 Å². The number of carbonyl (C=O) groups is 1. The van der Waals surface area contributed by atoms with Crippen molar-refractivity contribution >= 4 is 22.6 Å². The summed E-state index contributed by atoms with van der Waals surface area (Å²) in [5.41, 5.74) is 5.93. The van der Waals surface area contributed by atoms with Crippen molar-refractivity contribution in [1.29, 1.82) is 0 Å². The summed E-state index contributed by atoms with van der Waals surface area (Å²) < 4.78 is 1.95. The molecule has 3 N–H and O–H groups in total. The molecule has 2 aromatic carbocycles. The molecule has 0 spiro atoms. The number of imidazole rings is 1. The number of nitrogens with zero attached hydrogens (tertiary/aromatic N) is 3. The zero-order valence-corrected chi connectivity index (χ0v) is 16.6. The predicted octanol–water partition coefficient (Wildman–Crippen LogP) is 3.73. The summed E-state index contributed by atoms with van der Waals surface area (Å²) in [5, 5.41) is 17.0. The quantitative estimate of drug-likeness (QED) is 0.485. The summed E-state index contributed by atoms with van der Waals surface area (Å²) in [4.78, 5) is 20.0. The van der Waals surface area contributed by atoms with Crippen LogP contribution in [0.4, 0.5) is 5.69 Å². The summed E-state index contributed by atoms with van der Waals surface area (Å²) in [6, 6.07) is 15.0. The van der Waals surface area contributed by atoms with Gasteiger partial charge in [-0.05, 0) is 62.7 Å². The lowest BCUT2D eigenvalue weighted by Gasteiger charge is -2.08. The van der Waals surface area contributed by atoms with E-state index < -0.39 is 6.10 Å². The second-order valence-corrected chi connectivity index (χ2v) is 7.27. The van der Waals surface area contributed by atoms with Gasteiger partial charge in [-0.3, -0.25) is 9.48 Å². The molecule has 2 heterocycles. The first-order valence-corrected chi connectivity index (χ1v) is 9.48. The first-order valence-electron chi connectivity index (χ1n) is 9.48. The van der Waals surface area contributed by atoms with Gasteiger partial charge in [0.15, 0.2) is 0 Å². The molecule has 0 aliphatic heterocycles. The monoisotopic (exact) mass is 389 g/mol. The number of anilines is 1. The number of carbonyl (C=O) groups excluding carboxylic acids is 1. The molecule has 0 aliphatic rings. The summed E-state index contributed by atoms with van der Waals surface area (Å²) in [7, 11) is 0. The molecule has 1 atom stereocenters. The van der Waals surface area contributed by atoms with Crippen molar-refractivity contribution in [2.45, 2.75) is 33.4 Å². The smallest absolute Gasteiger partial charge is 0.255 e. The maximum atomic E-state index is 12.6. The molecule has 0 bridgehead atoms. The molecule has 1 amide bonds. The maximum Gasteiger partial charge on any atom is 0.255 e. The molecule has 4 aromatic rings. The molecule has 7 heteroatoms. The molecule has 148 valence electrons. The molecule has 7 nitrogen and oxygen atoms in total. The highest BCUT2D eigenvalue weighted by molar-refractivity contribution is 6.05. The van der Waals surface area contributed by atoms with Crippen molar-refractivity contribution in [2.75, 3.05) is 5.32 Å². The minimum Gasteiger partial charge on any atom is -0.385 e. The van der Waals surface area contributed by atoms with Gasteiger partial charge < -0.3 is 15.4 Å². The maximum absolute atomic E-state index is 12.6. The fraction of sp³-hybridized carbons (Fsp3) is 0.227. The molecule has 1 unspecified atom stereocenters. The number of aromatic nitrogens is 4. The van der Waals surface area contributed by atoms with Gasteiger partial charge in [0.2, 0.25) is 0 Å². The lowest BCUT2D eigenvalue weighted by atomic mass is 10.1. The van der Waals surface area contributed by atoms with E-state index in [0.29, 0.717) is 23.6 Å². The molecule has 29 heavy (non-hydrogen) atoms. The highest BCUT2D eigenvalue weighted by Crippen LogP contribution is 2.20. The van der Waals surface area contributed by atoms with Crippen LogP contribution in [-0.2, 0) is 6.54 Å². The van der Waals surface area contributed by atoms with Gasteiger partial charge in [-0.25, -0.2) is 4.98 Å². The van der Waals surface area contributed by atoms with Crippen molar-refractivity contribution in [3.63, 3.8) is 0 Å². The van der Waals surface area contributed by atoms with E-state index in [1.54, 1.807) is 13.0 Å². The Morgan fingerprint density at radius 1 is 1.17 bits per heavy atom. The summed E-state index contributed by atoms with van der Waals surface area (Å²) in [5.74, 6) is 0.318. The van der Waals surface area contributed by atoms with Crippen molar-refractivity contribution in [1.82, 2.24) is 19.7 Å². The molecule has 0 aliphatic carbocycles. The van der Waals surface area contributed by atoms with Gasteiger partial charge in [-0.15, -0.1) is 0 Å². The first kappa shape index (κ1) is 18.9. The van der Waals surface area contributed by atoms with Gasteiger partial charge >= 0.3 is 0 Å². The van der Waals surface area contributed by atoms with Gasteiger partial charge in [0.1, 0.15) is 11.9 Å². The Kier molecular flexibility index (Phi) is 4.90. The van der Waals surface area contributed by atoms with Gasteiger partial charge in [0, 0.05) is 16.9 Å². The predicted molar refractivity (Wildman–Crippen MR) is 112 cm³/mol. The first-order chi connectivity index (χ1) is 13.9. The number of aliphatic hydroxyl groups excluding tert-OH is 1. The fourth-order valence-electron chi connectivity index (χ4n) is 3.28. The Morgan fingerprint density at radius 2 is 1.93 bits per heavy atom. The molecule has 0 saturated heterocycles. The topological polar surface area (TPSA) is 95.8 Å². The Bertz CT molecular complexity index is 1170.